The van der Waals surface area contributed by atoms with Crippen LogP contribution >= 0.6 is 0 Å². The summed E-state index contributed by atoms with van der Waals surface area (Å²) in [4.78, 5) is 15.8. The van der Waals surface area contributed by atoms with Gasteiger partial charge in [0.1, 0.15) is 11.4 Å². The van der Waals surface area contributed by atoms with Crippen molar-refractivity contribution in [1.82, 2.24) is 9.55 Å². The van der Waals surface area contributed by atoms with Gasteiger partial charge in [-0.15, -0.1) is 0 Å². The zero-order valence-corrected chi connectivity index (χ0v) is 10.2. The Morgan fingerprint density at radius 2 is 2.25 bits per heavy atom. The number of carbonyl (C=O) groups excluding carboxylic acids is 1. The van der Waals surface area contributed by atoms with Gasteiger partial charge in [-0.05, 0) is 27.7 Å². The Bertz CT molecular complexity index is 366. The molecule has 0 radical (unpaired) electrons. The molecule has 5 nitrogen and oxygen atoms in total. The van der Waals surface area contributed by atoms with Crippen LogP contribution in [0.3, 0.4) is 0 Å². The first-order valence-electron chi connectivity index (χ1n) is 5.34. The summed E-state index contributed by atoms with van der Waals surface area (Å²) in [7, 11) is 0. The molecule has 0 saturated heterocycles. The van der Waals surface area contributed by atoms with Gasteiger partial charge in [0.15, 0.2) is 6.04 Å². The second-order valence-electron chi connectivity index (χ2n) is 4.58. The summed E-state index contributed by atoms with van der Waals surface area (Å²) in [5.41, 5.74) is 5.28. The number of imidazole rings is 1. The van der Waals surface area contributed by atoms with E-state index in [2.05, 4.69) is 4.98 Å². The van der Waals surface area contributed by atoms with Gasteiger partial charge < -0.3 is 15.0 Å². The highest BCUT2D eigenvalue weighted by Crippen LogP contribution is 2.15. The number of hydrogen-bond donors (Lipinski definition) is 1. The molecule has 0 aliphatic heterocycles. The minimum absolute atomic E-state index is 0.451. The smallest absolute Gasteiger partial charge is 0.331 e. The molecule has 5 heteroatoms. The molecule has 1 heterocycles. The van der Waals surface area contributed by atoms with E-state index >= 15 is 0 Å². The zero-order valence-electron chi connectivity index (χ0n) is 10.2. The second kappa shape index (κ2) is 4.65. The molecule has 1 aromatic heterocycles. The standard InChI is InChI=1S/C11H19N3O2/c1-5-14-7-6-13-9(14)8(12)10(15)16-11(2,3)4/h6-8H,5,12H2,1-4H3. The van der Waals surface area contributed by atoms with E-state index in [1.54, 1.807) is 12.4 Å². The molecule has 0 aliphatic carbocycles. The van der Waals surface area contributed by atoms with E-state index in [4.69, 9.17) is 10.5 Å². The van der Waals surface area contributed by atoms with Gasteiger partial charge in [0.05, 0.1) is 0 Å². The van der Waals surface area contributed by atoms with Gasteiger partial charge in [-0.25, -0.2) is 9.78 Å². The van der Waals surface area contributed by atoms with Gasteiger partial charge in [0, 0.05) is 18.9 Å². The molecule has 0 fully saturated rings. The first-order chi connectivity index (χ1) is 7.35. The van der Waals surface area contributed by atoms with E-state index < -0.39 is 17.6 Å². The van der Waals surface area contributed by atoms with Gasteiger partial charge in [0.25, 0.3) is 0 Å². The van der Waals surface area contributed by atoms with Crippen molar-refractivity contribution in [2.24, 2.45) is 5.73 Å². The topological polar surface area (TPSA) is 70.1 Å². The van der Waals surface area contributed by atoms with Crippen LogP contribution in [0.1, 0.15) is 39.6 Å². The minimum Gasteiger partial charge on any atom is -0.458 e. The largest absolute Gasteiger partial charge is 0.458 e. The van der Waals surface area contributed by atoms with Crippen molar-refractivity contribution in [3.8, 4) is 0 Å². The Labute approximate surface area is 95.6 Å². The lowest BCUT2D eigenvalue weighted by atomic mass is 10.2. The summed E-state index contributed by atoms with van der Waals surface area (Å²) in [6, 6.07) is -0.825. The Morgan fingerprint density at radius 3 is 2.75 bits per heavy atom. The molecule has 90 valence electrons. The van der Waals surface area contributed by atoms with E-state index in [0.717, 1.165) is 6.54 Å². The maximum absolute atomic E-state index is 11.7. The van der Waals surface area contributed by atoms with E-state index in [0.29, 0.717) is 5.82 Å². The van der Waals surface area contributed by atoms with Gasteiger partial charge in [0.2, 0.25) is 0 Å². The molecule has 1 aromatic rings. The molecule has 1 unspecified atom stereocenters. The highest BCUT2D eigenvalue weighted by Gasteiger charge is 2.26. The zero-order chi connectivity index (χ0) is 12.3. The first kappa shape index (κ1) is 12.7. The predicted molar refractivity (Wildman–Crippen MR) is 60.7 cm³/mol. The highest BCUT2D eigenvalue weighted by atomic mass is 16.6. The third-order valence-corrected chi connectivity index (χ3v) is 2.03. The van der Waals surface area contributed by atoms with E-state index in [1.807, 2.05) is 32.3 Å². The van der Waals surface area contributed by atoms with Crippen LogP contribution in [0.15, 0.2) is 12.4 Å². The number of nitrogens with zero attached hydrogens (tertiary/aromatic N) is 2. The van der Waals surface area contributed by atoms with Crippen molar-refractivity contribution in [3.63, 3.8) is 0 Å². The normalized spacial score (nSPS) is 13.6. The number of carbonyl (C=O) groups is 1. The average Bonchev–Trinajstić information content (AvgIpc) is 2.61. The molecular weight excluding hydrogens is 206 g/mol. The van der Waals surface area contributed by atoms with Crippen LogP contribution in [0.25, 0.3) is 0 Å². The molecular formula is C11H19N3O2. The molecule has 2 N–H and O–H groups in total. The highest BCUT2D eigenvalue weighted by molar-refractivity contribution is 5.76. The Balaban J connectivity index is 2.78. The van der Waals surface area contributed by atoms with Crippen LogP contribution in [0.2, 0.25) is 0 Å². The summed E-state index contributed by atoms with van der Waals surface area (Å²) in [5, 5.41) is 0. The Kier molecular flexibility index (Phi) is 3.70. The van der Waals surface area contributed by atoms with Crippen LogP contribution < -0.4 is 5.73 Å². The van der Waals surface area contributed by atoms with Crippen molar-refractivity contribution in [3.05, 3.63) is 18.2 Å². The maximum Gasteiger partial charge on any atom is 0.331 e. The van der Waals surface area contributed by atoms with E-state index in [1.165, 1.54) is 0 Å². The van der Waals surface area contributed by atoms with Gasteiger partial charge >= 0.3 is 5.97 Å². The first-order valence-corrected chi connectivity index (χ1v) is 5.34. The van der Waals surface area contributed by atoms with Crippen molar-refractivity contribution in [2.45, 2.75) is 45.9 Å². The van der Waals surface area contributed by atoms with Crippen LogP contribution in [0.4, 0.5) is 0 Å². The number of ether oxygens (including phenoxy) is 1. The fourth-order valence-electron chi connectivity index (χ4n) is 1.34. The van der Waals surface area contributed by atoms with Gasteiger partial charge in [-0.2, -0.15) is 0 Å². The molecule has 16 heavy (non-hydrogen) atoms. The summed E-state index contributed by atoms with van der Waals surface area (Å²) in [6.07, 6.45) is 3.42. The third kappa shape index (κ3) is 3.06. The summed E-state index contributed by atoms with van der Waals surface area (Å²) in [6.45, 7) is 8.12. The maximum atomic E-state index is 11.7. The molecule has 0 saturated carbocycles. The van der Waals surface area contributed by atoms with E-state index in [-0.39, 0.29) is 0 Å². The summed E-state index contributed by atoms with van der Waals surface area (Å²) < 4.78 is 7.03. The molecule has 1 rings (SSSR count). The van der Waals surface area contributed by atoms with Gasteiger partial charge in [-0.3, -0.25) is 0 Å². The molecule has 0 amide bonds. The number of esters is 1. The number of aryl methyl sites for hydroxylation is 1. The van der Waals surface area contributed by atoms with E-state index in [9.17, 15) is 4.79 Å². The SMILES string of the molecule is CCn1ccnc1C(N)C(=O)OC(C)(C)C. The van der Waals surface area contributed by atoms with Crippen molar-refractivity contribution in [2.75, 3.05) is 0 Å². The number of aromatic nitrogens is 2. The minimum atomic E-state index is -0.825. The number of rotatable bonds is 3. The fourth-order valence-corrected chi connectivity index (χ4v) is 1.34. The lowest BCUT2D eigenvalue weighted by Crippen LogP contribution is -2.33. The van der Waals surface area contributed by atoms with Crippen LogP contribution in [-0.4, -0.2) is 21.1 Å². The van der Waals surface area contributed by atoms with Crippen LogP contribution in [0.5, 0.6) is 0 Å². The monoisotopic (exact) mass is 225 g/mol. The Hall–Kier alpha value is -1.36. The number of nitrogens with two attached hydrogens (primary N) is 1. The molecule has 0 aromatic carbocycles. The summed E-state index contributed by atoms with van der Waals surface area (Å²) >= 11 is 0. The molecule has 0 aliphatic rings. The molecule has 0 spiro atoms. The van der Waals surface area contributed by atoms with Crippen LogP contribution in [-0.2, 0) is 16.1 Å². The second-order valence-corrected chi connectivity index (χ2v) is 4.58. The average molecular weight is 225 g/mol. The van der Waals surface area contributed by atoms with Crippen molar-refractivity contribution in [1.29, 1.82) is 0 Å². The van der Waals surface area contributed by atoms with Crippen molar-refractivity contribution < 1.29 is 9.53 Å². The quantitative estimate of drug-likeness (QED) is 0.786. The Morgan fingerprint density at radius 1 is 1.62 bits per heavy atom. The van der Waals surface area contributed by atoms with Crippen molar-refractivity contribution >= 4 is 5.97 Å². The number of hydrogen-bond acceptors (Lipinski definition) is 4. The van der Waals surface area contributed by atoms with Gasteiger partial charge in [-0.1, -0.05) is 0 Å². The predicted octanol–water partition coefficient (Wildman–Crippen LogP) is 1.24. The molecule has 0 bridgehead atoms. The lowest BCUT2D eigenvalue weighted by Gasteiger charge is -2.22. The molecule has 1 atom stereocenters. The lowest BCUT2D eigenvalue weighted by molar-refractivity contribution is -0.156. The van der Waals surface area contributed by atoms with Crippen LogP contribution in [0, 0.1) is 0 Å². The fraction of sp³-hybridized carbons (Fsp3) is 0.636. The third-order valence-electron chi connectivity index (χ3n) is 2.03. The summed E-state index contributed by atoms with van der Waals surface area (Å²) in [5.74, 6) is 0.0881.